The van der Waals surface area contributed by atoms with Crippen molar-refractivity contribution in [3.8, 4) is 17.0 Å². The molecule has 1 aromatic carbocycles. The molecule has 1 saturated heterocycles. The quantitative estimate of drug-likeness (QED) is 0.861. The molecule has 1 aliphatic rings. The molecule has 2 heterocycles. The number of nitrogens with one attached hydrogen (secondary N) is 2. The molecule has 1 atom stereocenters. The number of piperidine rings is 1. The fraction of sp³-hybridized carbons (Fsp3) is 0.500. The predicted octanol–water partition coefficient (Wildman–Crippen LogP) is 2.66. The van der Waals surface area contributed by atoms with Gasteiger partial charge in [-0.05, 0) is 38.1 Å². The largest absolute Gasteiger partial charge is 0.497 e. The van der Waals surface area contributed by atoms with Crippen molar-refractivity contribution in [3.05, 3.63) is 36.0 Å². The van der Waals surface area contributed by atoms with Crippen molar-refractivity contribution in [2.24, 2.45) is 0 Å². The first kappa shape index (κ1) is 16.0. The van der Waals surface area contributed by atoms with Crippen LogP contribution in [-0.2, 0) is 6.54 Å². The van der Waals surface area contributed by atoms with Gasteiger partial charge in [0.2, 0.25) is 0 Å². The van der Waals surface area contributed by atoms with Crippen LogP contribution in [0.4, 0.5) is 0 Å². The average molecular weight is 314 g/mol. The molecule has 124 valence electrons. The molecule has 0 radical (unpaired) electrons. The van der Waals surface area contributed by atoms with Crippen molar-refractivity contribution < 1.29 is 4.74 Å². The van der Waals surface area contributed by atoms with Crippen LogP contribution in [0, 0.1) is 0 Å². The zero-order valence-electron chi connectivity index (χ0n) is 14.0. The molecule has 2 aromatic rings. The van der Waals surface area contributed by atoms with Crippen molar-refractivity contribution in [2.75, 3.05) is 26.7 Å². The van der Waals surface area contributed by atoms with E-state index in [-0.39, 0.29) is 0 Å². The van der Waals surface area contributed by atoms with Gasteiger partial charge in [0.25, 0.3) is 0 Å². The Morgan fingerprint density at radius 2 is 2.35 bits per heavy atom. The smallest absolute Gasteiger partial charge is 0.119 e. The summed E-state index contributed by atoms with van der Waals surface area (Å²) in [5.74, 6) is 0.863. The summed E-state index contributed by atoms with van der Waals surface area (Å²) < 4.78 is 5.32. The standard InChI is InChI=1S/C18H26N4O/c1-3-22-9-5-7-16(13-22)19-11-15-12-20-21-18(15)14-6-4-8-17(10-14)23-2/h4,6,8,10,12,16,19H,3,5,7,9,11,13H2,1-2H3,(H,20,21)/t16-/m0/s1. The number of rotatable bonds is 6. The van der Waals surface area contributed by atoms with Gasteiger partial charge in [-0.15, -0.1) is 0 Å². The van der Waals surface area contributed by atoms with Crippen LogP contribution in [0.3, 0.4) is 0 Å². The normalized spacial score (nSPS) is 19.0. The molecule has 1 fully saturated rings. The van der Waals surface area contributed by atoms with Gasteiger partial charge in [0.1, 0.15) is 5.75 Å². The molecular weight excluding hydrogens is 288 g/mol. The molecule has 23 heavy (non-hydrogen) atoms. The maximum atomic E-state index is 5.32. The van der Waals surface area contributed by atoms with E-state index in [0.717, 1.165) is 36.6 Å². The van der Waals surface area contributed by atoms with Gasteiger partial charge in [0.15, 0.2) is 0 Å². The molecule has 2 N–H and O–H groups in total. The van der Waals surface area contributed by atoms with E-state index >= 15 is 0 Å². The van der Waals surface area contributed by atoms with Gasteiger partial charge in [-0.2, -0.15) is 5.10 Å². The van der Waals surface area contributed by atoms with Crippen LogP contribution in [0.15, 0.2) is 30.5 Å². The third-order valence-corrected chi connectivity index (χ3v) is 4.61. The van der Waals surface area contributed by atoms with Crippen LogP contribution >= 0.6 is 0 Å². The Morgan fingerprint density at radius 1 is 1.43 bits per heavy atom. The number of likely N-dealkylation sites (N-methyl/N-ethyl adjacent to an activating group) is 1. The van der Waals surface area contributed by atoms with Crippen LogP contribution in [0.25, 0.3) is 11.3 Å². The average Bonchev–Trinajstić information content (AvgIpc) is 3.09. The number of likely N-dealkylation sites (tertiary alicyclic amines) is 1. The Balaban J connectivity index is 1.66. The number of methoxy groups -OCH3 is 1. The summed E-state index contributed by atoms with van der Waals surface area (Å²) in [4.78, 5) is 2.51. The van der Waals surface area contributed by atoms with Crippen molar-refractivity contribution in [3.63, 3.8) is 0 Å². The third kappa shape index (κ3) is 3.92. The maximum absolute atomic E-state index is 5.32. The highest BCUT2D eigenvalue weighted by Crippen LogP contribution is 2.25. The summed E-state index contributed by atoms with van der Waals surface area (Å²) in [6.45, 7) is 6.59. The third-order valence-electron chi connectivity index (χ3n) is 4.61. The molecule has 5 heteroatoms. The van der Waals surface area contributed by atoms with E-state index in [1.807, 2.05) is 24.4 Å². The van der Waals surface area contributed by atoms with E-state index in [4.69, 9.17) is 4.74 Å². The first-order chi connectivity index (χ1) is 11.3. The Morgan fingerprint density at radius 3 is 3.17 bits per heavy atom. The van der Waals surface area contributed by atoms with Crippen LogP contribution in [0.1, 0.15) is 25.3 Å². The fourth-order valence-electron chi connectivity index (χ4n) is 3.24. The van der Waals surface area contributed by atoms with Gasteiger partial charge in [-0.25, -0.2) is 0 Å². The summed E-state index contributed by atoms with van der Waals surface area (Å²) in [6, 6.07) is 8.65. The summed E-state index contributed by atoms with van der Waals surface area (Å²) in [6.07, 6.45) is 4.45. The van der Waals surface area contributed by atoms with E-state index in [1.165, 1.54) is 24.9 Å². The molecule has 5 nitrogen and oxygen atoms in total. The number of ether oxygens (including phenoxy) is 1. The van der Waals surface area contributed by atoms with Crippen molar-refractivity contribution in [1.82, 2.24) is 20.4 Å². The second-order valence-corrected chi connectivity index (χ2v) is 6.12. The van der Waals surface area contributed by atoms with Gasteiger partial charge in [-0.1, -0.05) is 19.1 Å². The van der Waals surface area contributed by atoms with Gasteiger partial charge >= 0.3 is 0 Å². The molecule has 0 unspecified atom stereocenters. The Kier molecular flexibility index (Phi) is 5.31. The van der Waals surface area contributed by atoms with Crippen LogP contribution in [-0.4, -0.2) is 47.9 Å². The van der Waals surface area contributed by atoms with E-state index < -0.39 is 0 Å². The Bertz CT molecular complexity index is 625. The number of hydrogen-bond acceptors (Lipinski definition) is 4. The number of aromatic nitrogens is 2. The first-order valence-corrected chi connectivity index (χ1v) is 8.42. The van der Waals surface area contributed by atoms with E-state index in [0.29, 0.717) is 6.04 Å². The van der Waals surface area contributed by atoms with Crippen molar-refractivity contribution >= 4 is 0 Å². The Hall–Kier alpha value is -1.85. The number of H-pyrrole nitrogens is 1. The summed E-state index contributed by atoms with van der Waals surface area (Å²) in [5, 5.41) is 11.1. The van der Waals surface area contributed by atoms with Crippen LogP contribution in [0.5, 0.6) is 5.75 Å². The topological polar surface area (TPSA) is 53.2 Å². The number of hydrogen-bond donors (Lipinski definition) is 2. The summed E-state index contributed by atoms with van der Waals surface area (Å²) in [5.41, 5.74) is 3.38. The molecule has 0 bridgehead atoms. The highest BCUT2D eigenvalue weighted by atomic mass is 16.5. The molecular formula is C18H26N4O. The number of benzene rings is 1. The highest BCUT2D eigenvalue weighted by molar-refractivity contribution is 5.64. The minimum atomic E-state index is 0.566. The molecule has 1 aliphatic heterocycles. The second kappa shape index (κ2) is 7.62. The van der Waals surface area contributed by atoms with Gasteiger partial charge in [0.05, 0.1) is 19.0 Å². The first-order valence-electron chi connectivity index (χ1n) is 8.42. The summed E-state index contributed by atoms with van der Waals surface area (Å²) >= 11 is 0. The predicted molar refractivity (Wildman–Crippen MR) is 92.6 cm³/mol. The van der Waals surface area contributed by atoms with Gasteiger partial charge < -0.3 is 15.0 Å². The zero-order chi connectivity index (χ0) is 16.1. The minimum absolute atomic E-state index is 0.566. The van der Waals surface area contributed by atoms with Crippen molar-refractivity contribution in [1.29, 1.82) is 0 Å². The van der Waals surface area contributed by atoms with Crippen molar-refractivity contribution in [2.45, 2.75) is 32.4 Å². The molecule has 1 aromatic heterocycles. The second-order valence-electron chi connectivity index (χ2n) is 6.12. The van der Waals surface area contributed by atoms with Crippen LogP contribution < -0.4 is 10.1 Å². The minimum Gasteiger partial charge on any atom is -0.497 e. The maximum Gasteiger partial charge on any atom is 0.119 e. The van der Waals surface area contributed by atoms with Gasteiger partial charge in [0, 0.05) is 30.3 Å². The van der Waals surface area contributed by atoms with E-state index in [2.05, 4.69) is 33.4 Å². The fourth-order valence-corrected chi connectivity index (χ4v) is 3.24. The lowest BCUT2D eigenvalue weighted by molar-refractivity contribution is 0.198. The van der Waals surface area contributed by atoms with E-state index in [9.17, 15) is 0 Å². The lowest BCUT2D eigenvalue weighted by Gasteiger charge is -2.32. The molecule has 0 spiro atoms. The lowest BCUT2D eigenvalue weighted by Crippen LogP contribution is -2.45. The number of aromatic amines is 1. The Labute approximate surface area is 138 Å². The van der Waals surface area contributed by atoms with Crippen LogP contribution in [0.2, 0.25) is 0 Å². The molecule has 0 saturated carbocycles. The molecule has 3 rings (SSSR count). The highest BCUT2D eigenvalue weighted by Gasteiger charge is 2.18. The number of nitrogens with zero attached hydrogens (tertiary/aromatic N) is 2. The zero-order valence-corrected chi connectivity index (χ0v) is 14.0. The van der Waals surface area contributed by atoms with E-state index in [1.54, 1.807) is 7.11 Å². The SMILES string of the molecule is CCN1CCC[C@H](NCc2cn[nH]c2-c2cccc(OC)c2)C1. The monoisotopic (exact) mass is 314 g/mol. The van der Waals surface area contributed by atoms with Gasteiger partial charge in [-0.3, -0.25) is 5.10 Å². The lowest BCUT2D eigenvalue weighted by atomic mass is 10.0. The summed E-state index contributed by atoms with van der Waals surface area (Å²) in [7, 11) is 1.69. The molecule has 0 aliphatic carbocycles. The molecule has 0 amide bonds.